The first kappa shape index (κ1) is 11.9. The largest absolute Gasteiger partial charge is 0.377 e. The van der Waals surface area contributed by atoms with Gasteiger partial charge in [0.15, 0.2) is 0 Å². The van der Waals surface area contributed by atoms with Crippen molar-refractivity contribution in [2.75, 3.05) is 5.32 Å². The van der Waals surface area contributed by atoms with Crippen LogP contribution in [0.1, 0.15) is 24.1 Å². The molecule has 1 aromatic heterocycles. The van der Waals surface area contributed by atoms with Crippen molar-refractivity contribution in [2.24, 2.45) is 0 Å². The molecule has 1 N–H and O–H groups in total. The molecular formula is C14H15ClN2. The van der Waals surface area contributed by atoms with Gasteiger partial charge in [-0.25, -0.2) is 0 Å². The van der Waals surface area contributed by atoms with Crippen molar-refractivity contribution in [1.82, 2.24) is 4.98 Å². The molecule has 1 aromatic carbocycles. The number of pyridine rings is 1. The number of aryl methyl sites for hydroxylation is 1. The van der Waals surface area contributed by atoms with E-state index in [0.717, 1.165) is 10.7 Å². The minimum atomic E-state index is 0.206. The van der Waals surface area contributed by atoms with Gasteiger partial charge in [-0.15, -0.1) is 0 Å². The van der Waals surface area contributed by atoms with Gasteiger partial charge in [0.25, 0.3) is 0 Å². The normalized spacial score (nSPS) is 12.2. The number of rotatable bonds is 3. The minimum Gasteiger partial charge on any atom is -0.377 e. The van der Waals surface area contributed by atoms with Crippen molar-refractivity contribution < 1.29 is 0 Å². The maximum Gasteiger partial charge on any atom is 0.0637 e. The molecule has 88 valence electrons. The Kier molecular flexibility index (Phi) is 3.64. The monoisotopic (exact) mass is 246 g/mol. The molecule has 2 nitrogen and oxygen atoms in total. The first-order valence-corrected chi connectivity index (χ1v) is 5.97. The van der Waals surface area contributed by atoms with Crippen molar-refractivity contribution in [3.05, 3.63) is 58.9 Å². The van der Waals surface area contributed by atoms with Crippen LogP contribution in [0.2, 0.25) is 5.02 Å². The summed E-state index contributed by atoms with van der Waals surface area (Å²) >= 11 is 6.15. The molecular weight excluding hydrogens is 232 g/mol. The molecule has 2 rings (SSSR count). The van der Waals surface area contributed by atoms with E-state index < -0.39 is 0 Å². The SMILES string of the molecule is Cc1ccc(Cl)c(NC(C)c2ccncc2)c1. The van der Waals surface area contributed by atoms with Gasteiger partial charge >= 0.3 is 0 Å². The summed E-state index contributed by atoms with van der Waals surface area (Å²) in [6.07, 6.45) is 3.59. The molecule has 0 spiro atoms. The average molecular weight is 247 g/mol. The van der Waals surface area contributed by atoms with Gasteiger partial charge in [0.2, 0.25) is 0 Å². The number of nitrogens with one attached hydrogen (secondary N) is 1. The molecule has 1 unspecified atom stereocenters. The molecule has 0 fully saturated rings. The highest BCUT2D eigenvalue weighted by Gasteiger charge is 2.07. The van der Waals surface area contributed by atoms with E-state index in [1.165, 1.54) is 11.1 Å². The third-order valence-electron chi connectivity index (χ3n) is 2.70. The molecule has 1 atom stereocenters. The number of hydrogen-bond donors (Lipinski definition) is 1. The summed E-state index contributed by atoms with van der Waals surface area (Å²) < 4.78 is 0. The van der Waals surface area contributed by atoms with E-state index in [9.17, 15) is 0 Å². The summed E-state index contributed by atoms with van der Waals surface area (Å²) in [5.74, 6) is 0. The molecule has 0 aliphatic rings. The van der Waals surface area contributed by atoms with Crippen LogP contribution in [0.15, 0.2) is 42.7 Å². The molecule has 0 aliphatic carbocycles. The first-order chi connectivity index (χ1) is 8.16. The number of hydrogen-bond acceptors (Lipinski definition) is 2. The summed E-state index contributed by atoms with van der Waals surface area (Å²) in [7, 11) is 0. The van der Waals surface area contributed by atoms with Crippen LogP contribution < -0.4 is 5.32 Å². The summed E-state index contributed by atoms with van der Waals surface area (Å²) in [6.45, 7) is 4.16. The van der Waals surface area contributed by atoms with Crippen LogP contribution in [-0.2, 0) is 0 Å². The summed E-state index contributed by atoms with van der Waals surface area (Å²) in [5.41, 5.74) is 3.35. The number of benzene rings is 1. The van der Waals surface area contributed by atoms with Gasteiger partial charge in [0, 0.05) is 18.4 Å². The number of anilines is 1. The Morgan fingerprint density at radius 1 is 1.18 bits per heavy atom. The van der Waals surface area contributed by atoms with Gasteiger partial charge in [-0.2, -0.15) is 0 Å². The lowest BCUT2D eigenvalue weighted by atomic mass is 10.1. The van der Waals surface area contributed by atoms with E-state index in [0.29, 0.717) is 0 Å². The highest BCUT2D eigenvalue weighted by Crippen LogP contribution is 2.26. The predicted molar refractivity (Wildman–Crippen MR) is 72.5 cm³/mol. The second kappa shape index (κ2) is 5.19. The summed E-state index contributed by atoms with van der Waals surface area (Å²) in [6, 6.07) is 10.2. The Morgan fingerprint density at radius 3 is 2.59 bits per heavy atom. The standard InChI is InChI=1S/C14H15ClN2/c1-10-3-4-13(15)14(9-10)17-11(2)12-5-7-16-8-6-12/h3-9,11,17H,1-2H3. The van der Waals surface area contributed by atoms with E-state index in [-0.39, 0.29) is 6.04 Å². The molecule has 0 amide bonds. The van der Waals surface area contributed by atoms with Crippen LogP contribution in [0.4, 0.5) is 5.69 Å². The smallest absolute Gasteiger partial charge is 0.0637 e. The fourth-order valence-electron chi connectivity index (χ4n) is 1.72. The zero-order chi connectivity index (χ0) is 12.3. The molecule has 17 heavy (non-hydrogen) atoms. The van der Waals surface area contributed by atoms with Crippen LogP contribution >= 0.6 is 11.6 Å². The number of nitrogens with zero attached hydrogens (tertiary/aromatic N) is 1. The van der Waals surface area contributed by atoms with Crippen molar-refractivity contribution in [3.8, 4) is 0 Å². The van der Waals surface area contributed by atoms with Gasteiger partial charge in [-0.3, -0.25) is 4.98 Å². The van der Waals surface area contributed by atoms with Crippen LogP contribution in [0.5, 0.6) is 0 Å². The summed E-state index contributed by atoms with van der Waals surface area (Å²) in [5, 5.41) is 4.15. The fraction of sp³-hybridized carbons (Fsp3) is 0.214. The Hall–Kier alpha value is -1.54. The van der Waals surface area contributed by atoms with Gasteiger partial charge in [0.05, 0.1) is 10.7 Å². The van der Waals surface area contributed by atoms with Crippen LogP contribution in [0, 0.1) is 6.92 Å². The molecule has 0 saturated heterocycles. The van der Waals surface area contributed by atoms with Crippen LogP contribution in [0.25, 0.3) is 0 Å². The Labute approximate surface area is 107 Å². The number of halogens is 1. The van der Waals surface area contributed by atoms with Gasteiger partial charge in [0.1, 0.15) is 0 Å². The highest BCUT2D eigenvalue weighted by atomic mass is 35.5. The molecule has 0 radical (unpaired) electrons. The van der Waals surface area contributed by atoms with E-state index in [2.05, 4.69) is 30.2 Å². The Morgan fingerprint density at radius 2 is 1.88 bits per heavy atom. The van der Waals surface area contributed by atoms with Crippen molar-refractivity contribution in [2.45, 2.75) is 19.9 Å². The second-order valence-corrected chi connectivity index (χ2v) is 4.54. The molecule has 3 heteroatoms. The Balaban J connectivity index is 2.18. The van der Waals surface area contributed by atoms with Crippen LogP contribution in [-0.4, -0.2) is 4.98 Å². The first-order valence-electron chi connectivity index (χ1n) is 5.59. The van der Waals surface area contributed by atoms with Crippen molar-refractivity contribution >= 4 is 17.3 Å². The molecule has 1 heterocycles. The van der Waals surface area contributed by atoms with E-state index in [1.807, 2.05) is 24.3 Å². The highest BCUT2D eigenvalue weighted by molar-refractivity contribution is 6.33. The zero-order valence-electron chi connectivity index (χ0n) is 9.94. The third-order valence-corrected chi connectivity index (χ3v) is 3.03. The summed E-state index contributed by atoms with van der Waals surface area (Å²) in [4.78, 5) is 4.01. The predicted octanol–water partition coefficient (Wildman–Crippen LogP) is 4.22. The van der Waals surface area contributed by atoms with Crippen molar-refractivity contribution in [3.63, 3.8) is 0 Å². The topological polar surface area (TPSA) is 24.9 Å². The maximum absolute atomic E-state index is 6.15. The molecule has 0 bridgehead atoms. The van der Waals surface area contributed by atoms with E-state index in [4.69, 9.17) is 11.6 Å². The van der Waals surface area contributed by atoms with Crippen molar-refractivity contribution in [1.29, 1.82) is 0 Å². The zero-order valence-corrected chi connectivity index (χ0v) is 10.7. The third kappa shape index (κ3) is 2.98. The van der Waals surface area contributed by atoms with Gasteiger partial charge in [-0.05, 0) is 49.2 Å². The Bertz CT molecular complexity index is 497. The lowest BCUT2D eigenvalue weighted by Gasteiger charge is -2.17. The van der Waals surface area contributed by atoms with E-state index >= 15 is 0 Å². The molecule has 0 aliphatic heterocycles. The quantitative estimate of drug-likeness (QED) is 0.877. The molecule has 0 saturated carbocycles. The van der Waals surface area contributed by atoms with Gasteiger partial charge < -0.3 is 5.32 Å². The van der Waals surface area contributed by atoms with Gasteiger partial charge in [-0.1, -0.05) is 17.7 Å². The minimum absolute atomic E-state index is 0.206. The second-order valence-electron chi connectivity index (χ2n) is 4.13. The van der Waals surface area contributed by atoms with E-state index in [1.54, 1.807) is 12.4 Å². The lowest BCUT2D eigenvalue weighted by molar-refractivity contribution is 0.880. The maximum atomic E-state index is 6.15. The fourth-order valence-corrected chi connectivity index (χ4v) is 1.89. The molecule has 2 aromatic rings. The number of aromatic nitrogens is 1. The average Bonchev–Trinajstić information content (AvgIpc) is 2.35. The van der Waals surface area contributed by atoms with Crippen LogP contribution in [0.3, 0.4) is 0 Å². The lowest BCUT2D eigenvalue weighted by Crippen LogP contribution is -2.07.